The second kappa shape index (κ2) is 6.71. The van der Waals surface area contributed by atoms with Gasteiger partial charge in [-0.25, -0.2) is 14.1 Å². The zero-order valence-corrected chi connectivity index (χ0v) is 15.2. The number of nitrogens with zero attached hydrogens (tertiary/aromatic N) is 4. The van der Waals surface area contributed by atoms with Gasteiger partial charge in [0.2, 0.25) is 5.60 Å². The molecule has 1 amide bonds. The summed E-state index contributed by atoms with van der Waals surface area (Å²) in [6.07, 6.45) is 1.84. The molecule has 28 heavy (non-hydrogen) atoms. The smallest absolute Gasteiger partial charge is 0.267 e. The zero-order chi connectivity index (χ0) is 19.9. The molecule has 0 spiro atoms. The summed E-state index contributed by atoms with van der Waals surface area (Å²) < 4.78 is 15.8. The van der Waals surface area contributed by atoms with Gasteiger partial charge in [0, 0.05) is 43.7 Å². The number of aliphatic hydroxyl groups is 1. The third-order valence-corrected chi connectivity index (χ3v) is 4.76. The van der Waals surface area contributed by atoms with E-state index in [0.717, 1.165) is 5.39 Å². The minimum Gasteiger partial charge on any atom is -0.369 e. The van der Waals surface area contributed by atoms with Crippen LogP contribution in [0.25, 0.3) is 16.7 Å². The zero-order valence-electron chi connectivity index (χ0n) is 15.2. The van der Waals surface area contributed by atoms with Gasteiger partial charge in [0.05, 0.1) is 11.4 Å². The second-order valence-corrected chi connectivity index (χ2v) is 6.72. The molecule has 0 bridgehead atoms. The van der Waals surface area contributed by atoms with Gasteiger partial charge < -0.3 is 15.7 Å². The number of carbonyl (C=O) groups excluding carboxylic acids is 1. The number of hydrogen-bond acceptors (Lipinski definition) is 5. The molecule has 1 aromatic carbocycles. The third-order valence-electron chi connectivity index (χ3n) is 4.76. The summed E-state index contributed by atoms with van der Waals surface area (Å²) in [5.41, 5.74) is 5.96. The highest BCUT2D eigenvalue weighted by Gasteiger charge is 2.42. The van der Waals surface area contributed by atoms with E-state index >= 15 is 0 Å². The first-order valence-electron chi connectivity index (χ1n) is 8.76. The van der Waals surface area contributed by atoms with E-state index in [4.69, 9.17) is 5.73 Å². The van der Waals surface area contributed by atoms with Crippen molar-refractivity contribution in [1.29, 1.82) is 0 Å². The predicted molar refractivity (Wildman–Crippen MR) is 101 cm³/mol. The van der Waals surface area contributed by atoms with Crippen molar-refractivity contribution in [2.45, 2.75) is 18.6 Å². The lowest BCUT2D eigenvalue weighted by Gasteiger charge is -2.13. The lowest BCUT2D eigenvalue weighted by molar-refractivity contribution is -0.137. The molecule has 3 heterocycles. The normalized spacial score (nSPS) is 19.1. The van der Waals surface area contributed by atoms with Crippen LogP contribution in [-0.2, 0) is 11.3 Å². The van der Waals surface area contributed by atoms with Crippen LogP contribution in [0.4, 0.5) is 4.39 Å². The molecule has 0 saturated carbocycles. The monoisotopic (exact) mass is 379 g/mol. The average Bonchev–Trinajstić information content (AvgIpc) is 3.19. The molecular formula is C20H18FN5O2. The summed E-state index contributed by atoms with van der Waals surface area (Å²) in [6.45, 7) is 0.644. The van der Waals surface area contributed by atoms with E-state index in [0.29, 0.717) is 29.1 Å². The number of fused-ring (bicyclic) bond motifs is 1. The highest BCUT2D eigenvalue weighted by molar-refractivity contribution is 5.90. The number of amides is 1. The van der Waals surface area contributed by atoms with Crippen molar-refractivity contribution in [3.05, 3.63) is 53.6 Å². The van der Waals surface area contributed by atoms with Crippen LogP contribution in [0.1, 0.15) is 17.7 Å². The maximum atomic E-state index is 14.2. The fraction of sp³-hybridized carbons (Fsp3) is 0.250. The minimum absolute atomic E-state index is 0.213. The molecule has 0 unspecified atom stereocenters. The maximum Gasteiger partial charge on any atom is 0.267 e. The summed E-state index contributed by atoms with van der Waals surface area (Å²) in [4.78, 5) is 17.8. The van der Waals surface area contributed by atoms with Gasteiger partial charge in [-0.2, -0.15) is 5.10 Å². The van der Waals surface area contributed by atoms with Crippen molar-refractivity contribution in [2.24, 2.45) is 5.73 Å². The van der Waals surface area contributed by atoms with Crippen LogP contribution in [-0.4, -0.2) is 49.9 Å². The van der Waals surface area contributed by atoms with Crippen molar-refractivity contribution < 1.29 is 14.3 Å². The largest absolute Gasteiger partial charge is 0.369 e. The van der Waals surface area contributed by atoms with Gasteiger partial charge in [-0.3, -0.25) is 4.79 Å². The van der Waals surface area contributed by atoms with E-state index in [-0.39, 0.29) is 13.0 Å². The Hall–Kier alpha value is -3.28. The van der Waals surface area contributed by atoms with E-state index in [1.807, 2.05) is 6.07 Å². The first kappa shape index (κ1) is 18.1. The molecule has 1 aliphatic rings. The van der Waals surface area contributed by atoms with Gasteiger partial charge >= 0.3 is 0 Å². The van der Waals surface area contributed by atoms with E-state index in [1.165, 1.54) is 21.7 Å². The molecule has 4 rings (SSSR count). The van der Waals surface area contributed by atoms with Gasteiger partial charge in [-0.05, 0) is 30.3 Å². The van der Waals surface area contributed by atoms with Crippen LogP contribution in [0.15, 0.2) is 36.5 Å². The molecule has 7 nitrogen and oxygen atoms in total. The summed E-state index contributed by atoms with van der Waals surface area (Å²) in [5, 5.41) is 15.6. The SMILES string of the molecule is CN1CC[C@@](O)(C#Cc2cc(F)cc(-n3nc(CN)c4cccnc43)c2)C1=O. The molecule has 1 atom stereocenters. The van der Waals surface area contributed by atoms with Gasteiger partial charge in [0.1, 0.15) is 5.82 Å². The van der Waals surface area contributed by atoms with Crippen molar-refractivity contribution >= 4 is 16.9 Å². The van der Waals surface area contributed by atoms with Crippen LogP contribution < -0.4 is 5.73 Å². The Balaban J connectivity index is 1.78. The van der Waals surface area contributed by atoms with E-state index in [9.17, 15) is 14.3 Å². The molecular weight excluding hydrogens is 361 g/mol. The van der Waals surface area contributed by atoms with Gasteiger partial charge in [0.25, 0.3) is 5.91 Å². The Morgan fingerprint density at radius 1 is 1.39 bits per heavy atom. The van der Waals surface area contributed by atoms with E-state index < -0.39 is 17.3 Å². The second-order valence-electron chi connectivity index (χ2n) is 6.72. The molecule has 1 saturated heterocycles. The van der Waals surface area contributed by atoms with Crippen LogP contribution in [0.5, 0.6) is 0 Å². The molecule has 2 aromatic heterocycles. The Morgan fingerprint density at radius 2 is 2.21 bits per heavy atom. The lowest BCUT2D eigenvalue weighted by atomic mass is 10.0. The summed E-state index contributed by atoms with van der Waals surface area (Å²) >= 11 is 0. The number of halogens is 1. The fourth-order valence-corrected chi connectivity index (χ4v) is 3.26. The minimum atomic E-state index is -1.74. The number of aromatic nitrogens is 3. The summed E-state index contributed by atoms with van der Waals surface area (Å²) in [7, 11) is 1.60. The first-order chi connectivity index (χ1) is 13.4. The Morgan fingerprint density at radius 3 is 2.93 bits per heavy atom. The van der Waals surface area contributed by atoms with E-state index in [2.05, 4.69) is 21.9 Å². The molecule has 3 aromatic rings. The van der Waals surface area contributed by atoms with Crippen LogP contribution in [0, 0.1) is 17.7 Å². The van der Waals surface area contributed by atoms with Crippen LogP contribution >= 0.6 is 0 Å². The Bertz CT molecular complexity index is 1150. The van der Waals surface area contributed by atoms with Gasteiger partial charge in [0.15, 0.2) is 5.65 Å². The molecule has 1 fully saturated rings. The summed E-state index contributed by atoms with van der Waals surface area (Å²) in [6, 6.07) is 7.82. The highest BCUT2D eigenvalue weighted by Crippen LogP contribution is 2.23. The first-order valence-corrected chi connectivity index (χ1v) is 8.76. The average molecular weight is 379 g/mol. The summed E-state index contributed by atoms with van der Waals surface area (Å²) in [5.74, 6) is 4.35. The van der Waals surface area contributed by atoms with Gasteiger partial charge in [-0.1, -0.05) is 11.8 Å². The quantitative estimate of drug-likeness (QED) is 0.647. The number of nitrogens with two attached hydrogens (primary N) is 1. The number of likely N-dealkylation sites (tertiary alicyclic amines) is 1. The number of hydrogen-bond donors (Lipinski definition) is 2. The number of likely N-dealkylation sites (N-methyl/N-ethyl adjacent to an activating group) is 1. The Labute approximate surface area is 160 Å². The number of rotatable bonds is 2. The molecule has 142 valence electrons. The number of pyridine rings is 1. The topological polar surface area (TPSA) is 97.3 Å². The van der Waals surface area contributed by atoms with Crippen LogP contribution in [0.3, 0.4) is 0 Å². The number of benzene rings is 1. The third kappa shape index (κ3) is 3.01. The highest BCUT2D eigenvalue weighted by atomic mass is 19.1. The van der Waals surface area contributed by atoms with Gasteiger partial charge in [-0.15, -0.1) is 0 Å². The number of carbonyl (C=O) groups is 1. The predicted octanol–water partition coefficient (Wildman–Crippen LogP) is 0.963. The molecule has 8 heteroatoms. The molecule has 0 radical (unpaired) electrons. The van der Waals surface area contributed by atoms with Crippen molar-refractivity contribution in [1.82, 2.24) is 19.7 Å². The molecule has 3 N–H and O–H groups in total. The fourth-order valence-electron chi connectivity index (χ4n) is 3.26. The molecule has 1 aliphatic heterocycles. The lowest BCUT2D eigenvalue weighted by Crippen LogP contribution is -2.37. The van der Waals surface area contributed by atoms with Crippen molar-refractivity contribution in [3.63, 3.8) is 0 Å². The Kier molecular flexibility index (Phi) is 4.34. The standard InChI is InChI=1S/C20H18FN5O2/c1-25-8-6-20(28,19(25)27)5-4-13-9-14(21)11-15(10-13)26-18-16(3-2-7-23-18)17(12-22)24-26/h2-3,7,9-11,28H,6,8,12,22H2,1H3/t20-/m0/s1. The van der Waals surface area contributed by atoms with Crippen molar-refractivity contribution in [3.8, 4) is 17.5 Å². The maximum absolute atomic E-state index is 14.2. The van der Waals surface area contributed by atoms with Crippen LogP contribution in [0.2, 0.25) is 0 Å². The molecule has 0 aliphatic carbocycles. The van der Waals surface area contributed by atoms with E-state index in [1.54, 1.807) is 25.4 Å². The van der Waals surface area contributed by atoms with Crippen molar-refractivity contribution in [2.75, 3.05) is 13.6 Å².